The Bertz CT molecular complexity index is 687. The number of aryl methyl sites for hydroxylation is 2. The molecule has 0 saturated carbocycles. The van der Waals surface area contributed by atoms with Gasteiger partial charge in [0.25, 0.3) is 5.91 Å². The molecule has 0 saturated heterocycles. The number of carbonyl (C=O) groups excluding carboxylic acids is 2. The third kappa shape index (κ3) is 3.88. The molecule has 0 radical (unpaired) electrons. The second-order valence-corrected chi connectivity index (χ2v) is 5.14. The number of rotatable bonds is 5. The van der Waals surface area contributed by atoms with Crippen molar-refractivity contribution in [3.63, 3.8) is 0 Å². The Morgan fingerprint density at radius 2 is 1.91 bits per heavy atom. The average Bonchev–Trinajstić information content (AvgIpc) is 2.86. The van der Waals surface area contributed by atoms with E-state index in [1.54, 1.807) is 52.3 Å². The molecule has 23 heavy (non-hydrogen) atoms. The Labute approximate surface area is 134 Å². The molecule has 2 aromatic rings. The Morgan fingerprint density at radius 1 is 1.26 bits per heavy atom. The van der Waals surface area contributed by atoms with Crippen LogP contribution in [0.4, 0.5) is 5.69 Å². The number of ether oxygens (including phenoxy) is 1. The molecule has 0 atom stereocenters. The lowest BCUT2D eigenvalue weighted by molar-refractivity contribution is -0.116. The highest BCUT2D eigenvalue weighted by Gasteiger charge is 2.22. The number of aromatic nitrogens is 1. The van der Waals surface area contributed by atoms with E-state index in [2.05, 4.69) is 10.5 Å². The molecule has 0 spiro atoms. The Morgan fingerprint density at radius 3 is 2.43 bits per heavy atom. The number of benzene rings is 1. The summed E-state index contributed by atoms with van der Waals surface area (Å²) in [5.74, 6) is 0.549. The van der Waals surface area contributed by atoms with Gasteiger partial charge in [0.05, 0.1) is 19.3 Å². The summed E-state index contributed by atoms with van der Waals surface area (Å²) in [4.78, 5) is 25.7. The van der Waals surface area contributed by atoms with Gasteiger partial charge in [0, 0.05) is 12.7 Å². The Kier molecular flexibility index (Phi) is 5.00. The minimum absolute atomic E-state index is 0.0745. The van der Waals surface area contributed by atoms with Crippen LogP contribution in [0.3, 0.4) is 0 Å². The molecule has 122 valence electrons. The van der Waals surface area contributed by atoms with E-state index in [4.69, 9.17) is 9.26 Å². The average molecular weight is 317 g/mol. The normalized spacial score (nSPS) is 10.3. The van der Waals surface area contributed by atoms with Crippen LogP contribution in [0.5, 0.6) is 5.75 Å². The molecule has 0 aliphatic rings. The van der Waals surface area contributed by atoms with Gasteiger partial charge in [-0.2, -0.15) is 0 Å². The lowest BCUT2D eigenvalue weighted by atomic mass is 10.2. The van der Waals surface area contributed by atoms with Crippen molar-refractivity contribution in [1.29, 1.82) is 0 Å². The van der Waals surface area contributed by atoms with Crippen LogP contribution in [0.25, 0.3) is 0 Å². The van der Waals surface area contributed by atoms with E-state index in [9.17, 15) is 9.59 Å². The smallest absolute Gasteiger partial charge is 0.259 e. The van der Waals surface area contributed by atoms with Crippen LogP contribution < -0.4 is 10.1 Å². The quantitative estimate of drug-likeness (QED) is 0.912. The van der Waals surface area contributed by atoms with Crippen molar-refractivity contribution in [2.75, 3.05) is 26.0 Å². The van der Waals surface area contributed by atoms with E-state index in [0.29, 0.717) is 28.5 Å². The molecule has 7 nitrogen and oxygen atoms in total. The highest BCUT2D eigenvalue weighted by molar-refractivity contribution is 6.00. The van der Waals surface area contributed by atoms with Gasteiger partial charge in [-0.05, 0) is 38.1 Å². The molecule has 1 aromatic carbocycles. The second kappa shape index (κ2) is 6.95. The first-order valence-electron chi connectivity index (χ1n) is 7.04. The summed E-state index contributed by atoms with van der Waals surface area (Å²) in [6.07, 6.45) is 0. The SMILES string of the molecule is COc1ccc(NC(=O)CN(C)C(=O)c2c(C)noc2C)cc1. The molecule has 0 aliphatic carbocycles. The summed E-state index contributed by atoms with van der Waals surface area (Å²) in [7, 11) is 3.13. The summed E-state index contributed by atoms with van der Waals surface area (Å²) >= 11 is 0. The number of anilines is 1. The van der Waals surface area contributed by atoms with Crippen LogP contribution in [-0.2, 0) is 4.79 Å². The molecule has 1 heterocycles. The predicted octanol–water partition coefficient (Wildman–Crippen LogP) is 2.01. The maximum absolute atomic E-state index is 12.3. The summed E-state index contributed by atoms with van der Waals surface area (Å²) in [6, 6.07) is 6.95. The first kappa shape index (κ1) is 16.5. The molecule has 2 rings (SSSR count). The van der Waals surface area contributed by atoms with Gasteiger partial charge in [-0.3, -0.25) is 9.59 Å². The van der Waals surface area contributed by atoms with Crippen molar-refractivity contribution in [2.24, 2.45) is 0 Å². The number of likely N-dealkylation sites (N-methyl/N-ethyl adjacent to an activating group) is 1. The first-order chi connectivity index (χ1) is 10.9. The molecule has 2 amide bonds. The number of hydrogen-bond acceptors (Lipinski definition) is 5. The van der Waals surface area contributed by atoms with Gasteiger partial charge in [0.1, 0.15) is 17.1 Å². The van der Waals surface area contributed by atoms with E-state index < -0.39 is 0 Å². The largest absolute Gasteiger partial charge is 0.497 e. The Hall–Kier alpha value is -2.83. The maximum atomic E-state index is 12.3. The number of nitrogens with zero attached hydrogens (tertiary/aromatic N) is 2. The van der Waals surface area contributed by atoms with Crippen LogP contribution >= 0.6 is 0 Å². The van der Waals surface area contributed by atoms with Crippen molar-refractivity contribution < 1.29 is 18.8 Å². The van der Waals surface area contributed by atoms with E-state index in [-0.39, 0.29) is 18.4 Å². The number of hydrogen-bond donors (Lipinski definition) is 1. The monoisotopic (exact) mass is 317 g/mol. The molecule has 0 aliphatic heterocycles. The fourth-order valence-corrected chi connectivity index (χ4v) is 2.14. The van der Waals surface area contributed by atoms with E-state index >= 15 is 0 Å². The molecule has 0 unspecified atom stereocenters. The second-order valence-electron chi connectivity index (χ2n) is 5.14. The molecular weight excluding hydrogens is 298 g/mol. The topological polar surface area (TPSA) is 84.7 Å². The van der Waals surface area contributed by atoms with Crippen molar-refractivity contribution >= 4 is 17.5 Å². The van der Waals surface area contributed by atoms with Gasteiger partial charge < -0.3 is 19.5 Å². The van der Waals surface area contributed by atoms with E-state index in [1.165, 1.54) is 4.90 Å². The highest BCUT2D eigenvalue weighted by atomic mass is 16.5. The van der Waals surface area contributed by atoms with Gasteiger partial charge in [-0.1, -0.05) is 5.16 Å². The molecule has 1 aromatic heterocycles. The summed E-state index contributed by atoms with van der Waals surface area (Å²) in [6.45, 7) is 3.28. The van der Waals surface area contributed by atoms with Gasteiger partial charge in [-0.15, -0.1) is 0 Å². The Balaban J connectivity index is 1.97. The molecule has 0 fully saturated rings. The fourth-order valence-electron chi connectivity index (χ4n) is 2.14. The number of nitrogens with one attached hydrogen (secondary N) is 1. The summed E-state index contributed by atoms with van der Waals surface area (Å²) in [5.41, 5.74) is 1.54. The minimum Gasteiger partial charge on any atom is -0.497 e. The summed E-state index contributed by atoms with van der Waals surface area (Å²) < 4.78 is 10.0. The first-order valence-corrected chi connectivity index (χ1v) is 7.04. The zero-order chi connectivity index (χ0) is 17.0. The third-order valence-electron chi connectivity index (χ3n) is 3.35. The van der Waals surface area contributed by atoms with Crippen LogP contribution in [-0.4, -0.2) is 42.6 Å². The number of methoxy groups -OCH3 is 1. The van der Waals surface area contributed by atoms with E-state index in [0.717, 1.165) is 0 Å². The molecule has 0 bridgehead atoms. The molecular formula is C16H19N3O4. The zero-order valence-corrected chi connectivity index (χ0v) is 13.5. The maximum Gasteiger partial charge on any atom is 0.259 e. The fraction of sp³-hybridized carbons (Fsp3) is 0.312. The lowest BCUT2D eigenvalue weighted by Gasteiger charge is -2.16. The third-order valence-corrected chi connectivity index (χ3v) is 3.35. The highest BCUT2D eigenvalue weighted by Crippen LogP contribution is 2.16. The van der Waals surface area contributed by atoms with Crippen LogP contribution in [0.2, 0.25) is 0 Å². The standard InChI is InChI=1S/C16H19N3O4/c1-10-15(11(2)23-18-10)16(21)19(3)9-14(20)17-12-5-7-13(22-4)8-6-12/h5-8H,9H2,1-4H3,(H,17,20). The predicted molar refractivity (Wildman–Crippen MR) is 84.6 cm³/mol. The molecule has 1 N–H and O–H groups in total. The van der Waals surface area contributed by atoms with Gasteiger partial charge in [0.2, 0.25) is 5.91 Å². The van der Waals surface area contributed by atoms with Crippen LogP contribution in [0, 0.1) is 13.8 Å². The van der Waals surface area contributed by atoms with Crippen molar-refractivity contribution in [3.8, 4) is 5.75 Å². The van der Waals surface area contributed by atoms with Gasteiger partial charge >= 0.3 is 0 Å². The van der Waals surface area contributed by atoms with Crippen LogP contribution in [0.1, 0.15) is 21.8 Å². The summed E-state index contributed by atoms with van der Waals surface area (Å²) in [5, 5.41) is 6.47. The van der Waals surface area contributed by atoms with Crippen molar-refractivity contribution in [2.45, 2.75) is 13.8 Å². The van der Waals surface area contributed by atoms with Crippen LogP contribution in [0.15, 0.2) is 28.8 Å². The van der Waals surface area contributed by atoms with Crippen molar-refractivity contribution in [3.05, 3.63) is 41.3 Å². The van der Waals surface area contributed by atoms with E-state index in [1.807, 2.05) is 0 Å². The molecule has 7 heteroatoms. The number of amides is 2. The van der Waals surface area contributed by atoms with Gasteiger partial charge in [-0.25, -0.2) is 0 Å². The minimum atomic E-state index is -0.300. The van der Waals surface area contributed by atoms with Crippen molar-refractivity contribution in [1.82, 2.24) is 10.1 Å². The number of carbonyl (C=O) groups is 2. The van der Waals surface area contributed by atoms with Gasteiger partial charge in [0.15, 0.2) is 0 Å². The lowest BCUT2D eigenvalue weighted by Crippen LogP contribution is -2.35. The zero-order valence-electron chi connectivity index (χ0n) is 13.5.